The molecular weight excluding hydrogens is 471 g/mol. The summed E-state index contributed by atoms with van der Waals surface area (Å²) < 4.78 is 24.8. The lowest BCUT2D eigenvalue weighted by Crippen LogP contribution is -2.45. The molecule has 3 heterocycles. The van der Waals surface area contributed by atoms with Crippen molar-refractivity contribution in [3.63, 3.8) is 0 Å². The van der Waals surface area contributed by atoms with Gasteiger partial charge in [0.05, 0.1) is 25.3 Å². The lowest BCUT2D eigenvalue weighted by molar-refractivity contribution is 0.396. The number of halogens is 1. The van der Waals surface area contributed by atoms with Gasteiger partial charge in [0, 0.05) is 16.1 Å². The molecule has 4 aromatic rings. The van der Waals surface area contributed by atoms with Crippen molar-refractivity contribution in [3.05, 3.63) is 93.9 Å². The summed E-state index contributed by atoms with van der Waals surface area (Å²) in [6, 6.07) is 17.7. The molecule has 1 aliphatic rings. The molecule has 9 heteroatoms. The average molecular weight is 493 g/mol. The zero-order chi connectivity index (χ0) is 23.7. The number of nitrogens with zero attached hydrogens (tertiary/aromatic N) is 3. The molecule has 0 bridgehead atoms. The van der Waals surface area contributed by atoms with Gasteiger partial charge in [-0.25, -0.2) is 4.39 Å². The molecule has 0 amide bonds. The van der Waals surface area contributed by atoms with E-state index < -0.39 is 0 Å². The standard InChI is InChI=1S/C25H21FN4O2S2/c1-15-21(24-28-23(29-32-24)17-5-3-6-18(26)13-17)22(16-8-10-19(31-2)11-9-16)27-25(33)30(15)14-20-7-4-12-34-20/h3-13,22H,14H2,1-2H3,(H,27,33). The van der Waals surface area contributed by atoms with E-state index in [4.69, 9.17) is 21.5 Å². The van der Waals surface area contributed by atoms with Crippen molar-refractivity contribution in [1.82, 2.24) is 20.4 Å². The number of rotatable bonds is 6. The number of benzene rings is 2. The van der Waals surface area contributed by atoms with Gasteiger partial charge in [-0.05, 0) is 60.4 Å². The predicted molar refractivity (Wildman–Crippen MR) is 134 cm³/mol. The Hall–Kier alpha value is -3.56. The van der Waals surface area contributed by atoms with Crippen LogP contribution in [0.1, 0.15) is 29.3 Å². The van der Waals surface area contributed by atoms with E-state index in [-0.39, 0.29) is 11.9 Å². The summed E-state index contributed by atoms with van der Waals surface area (Å²) >= 11 is 7.42. The molecule has 1 aliphatic heterocycles. The quantitative estimate of drug-likeness (QED) is 0.341. The fourth-order valence-electron chi connectivity index (χ4n) is 3.93. The van der Waals surface area contributed by atoms with Crippen molar-refractivity contribution in [2.45, 2.75) is 19.5 Å². The van der Waals surface area contributed by atoms with E-state index in [9.17, 15) is 4.39 Å². The van der Waals surface area contributed by atoms with E-state index in [1.165, 1.54) is 17.0 Å². The van der Waals surface area contributed by atoms with Crippen molar-refractivity contribution in [2.75, 3.05) is 7.11 Å². The second-order valence-corrected chi connectivity index (χ2v) is 9.17. The van der Waals surface area contributed by atoms with Gasteiger partial charge in [0.2, 0.25) is 5.82 Å². The molecule has 172 valence electrons. The second-order valence-electron chi connectivity index (χ2n) is 7.75. The summed E-state index contributed by atoms with van der Waals surface area (Å²) in [7, 11) is 1.63. The van der Waals surface area contributed by atoms with Gasteiger partial charge in [-0.2, -0.15) is 4.98 Å². The first kappa shape index (κ1) is 22.2. The molecule has 5 rings (SSSR count). The molecule has 1 atom stereocenters. The second kappa shape index (κ2) is 9.36. The minimum Gasteiger partial charge on any atom is -0.497 e. The molecular formula is C25H21FN4O2S2. The number of hydrogen-bond acceptors (Lipinski definition) is 6. The van der Waals surface area contributed by atoms with Crippen molar-refractivity contribution in [3.8, 4) is 17.1 Å². The minimum atomic E-state index is -0.359. The van der Waals surface area contributed by atoms with Crippen LogP contribution in [0, 0.1) is 5.82 Å². The number of thiocarbonyl (C=S) groups is 1. The largest absolute Gasteiger partial charge is 0.497 e. The summed E-state index contributed by atoms with van der Waals surface area (Å²) in [5.74, 6) is 1.07. The Kier molecular flexibility index (Phi) is 6.12. The maximum absolute atomic E-state index is 13.8. The summed E-state index contributed by atoms with van der Waals surface area (Å²) in [5, 5.41) is 10.2. The molecule has 0 saturated carbocycles. The number of allylic oxidation sites excluding steroid dienone is 1. The molecule has 0 aliphatic carbocycles. The van der Waals surface area contributed by atoms with Crippen molar-refractivity contribution in [2.24, 2.45) is 0 Å². The van der Waals surface area contributed by atoms with Crippen LogP contribution in [0.3, 0.4) is 0 Å². The Morgan fingerprint density at radius 2 is 2.00 bits per heavy atom. The Labute approximate surface area is 205 Å². The van der Waals surface area contributed by atoms with Crippen LogP contribution in [0.25, 0.3) is 17.0 Å². The summed E-state index contributed by atoms with van der Waals surface area (Å²) in [6.07, 6.45) is 0. The number of thiophene rings is 1. The van der Waals surface area contributed by atoms with Crippen LogP contribution in [-0.2, 0) is 6.54 Å². The molecule has 6 nitrogen and oxygen atoms in total. The van der Waals surface area contributed by atoms with E-state index in [2.05, 4.69) is 21.5 Å². The maximum atomic E-state index is 13.8. The first-order valence-electron chi connectivity index (χ1n) is 10.6. The molecule has 0 spiro atoms. The highest BCUT2D eigenvalue weighted by Crippen LogP contribution is 2.38. The Morgan fingerprint density at radius 1 is 1.18 bits per heavy atom. The third kappa shape index (κ3) is 4.32. The van der Waals surface area contributed by atoms with Gasteiger partial charge in [0.25, 0.3) is 5.89 Å². The van der Waals surface area contributed by atoms with Gasteiger partial charge in [-0.1, -0.05) is 35.5 Å². The molecule has 0 saturated heterocycles. The molecule has 0 radical (unpaired) electrons. The monoisotopic (exact) mass is 492 g/mol. The molecule has 0 fully saturated rings. The molecule has 2 aromatic carbocycles. The maximum Gasteiger partial charge on any atom is 0.258 e. The topological polar surface area (TPSA) is 63.4 Å². The van der Waals surface area contributed by atoms with Crippen molar-refractivity contribution >= 4 is 34.2 Å². The summed E-state index contributed by atoms with van der Waals surface area (Å²) in [4.78, 5) is 7.84. The van der Waals surface area contributed by atoms with Gasteiger partial charge in [-0.3, -0.25) is 0 Å². The molecule has 1 unspecified atom stereocenters. The lowest BCUT2D eigenvalue weighted by atomic mass is 9.94. The van der Waals surface area contributed by atoms with Crippen LogP contribution in [0.5, 0.6) is 5.75 Å². The van der Waals surface area contributed by atoms with Gasteiger partial charge in [-0.15, -0.1) is 11.3 Å². The highest BCUT2D eigenvalue weighted by molar-refractivity contribution is 7.80. The smallest absolute Gasteiger partial charge is 0.258 e. The number of ether oxygens (including phenoxy) is 1. The van der Waals surface area contributed by atoms with Crippen LogP contribution in [0.4, 0.5) is 4.39 Å². The van der Waals surface area contributed by atoms with Crippen molar-refractivity contribution < 1.29 is 13.7 Å². The van der Waals surface area contributed by atoms with E-state index in [0.717, 1.165) is 22.6 Å². The van der Waals surface area contributed by atoms with Crippen LogP contribution in [0.2, 0.25) is 0 Å². The summed E-state index contributed by atoms with van der Waals surface area (Å²) in [5.41, 5.74) is 3.24. The van der Waals surface area contributed by atoms with Gasteiger partial charge in [0.1, 0.15) is 11.6 Å². The fourth-order valence-corrected chi connectivity index (χ4v) is 4.94. The van der Waals surface area contributed by atoms with E-state index in [0.29, 0.717) is 28.9 Å². The number of methoxy groups -OCH3 is 1. The third-order valence-corrected chi connectivity index (χ3v) is 6.88. The predicted octanol–water partition coefficient (Wildman–Crippen LogP) is 5.81. The number of hydrogen-bond donors (Lipinski definition) is 1. The lowest BCUT2D eigenvalue weighted by Gasteiger charge is -2.37. The SMILES string of the molecule is COc1ccc(C2NC(=S)N(Cc3cccs3)C(C)=C2c2nc(-c3cccc(F)c3)no2)cc1. The molecule has 34 heavy (non-hydrogen) atoms. The van der Waals surface area contributed by atoms with E-state index in [1.54, 1.807) is 30.6 Å². The van der Waals surface area contributed by atoms with Crippen molar-refractivity contribution in [1.29, 1.82) is 0 Å². The van der Waals surface area contributed by atoms with E-state index >= 15 is 0 Å². The first-order valence-corrected chi connectivity index (χ1v) is 11.9. The fraction of sp³-hybridized carbons (Fsp3) is 0.160. The highest BCUT2D eigenvalue weighted by atomic mass is 32.1. The molecule has 1 N–H and O–H groups in total. The Balaban J connectivity index is 1.59. The Bertz CT molecular complexity index is 1350. The van der Waals surface area contributed by atoms with Crippen LogP contribution >= 0.6 is 23.6 Å². The number of nitrogens with one attached hydrogen (secondary N) is 1. The normalized spacial score (nSPS) is 16.0. The highest BCUT2D eigenvalue weighted by Gasteiger charge is 2.34. The van der Waals surface area contributed by atoms with E-state index in [1.807, 2.05) is 47.5 Å². The zero-order valence-electron chi connectivity index (χ0n) is 18.5. The summed E-state index contributed by atoms with van der Waals surface area (Å²) in [6.45, 7) is 2.62. The minimum absolute atomic E-state index is 0.307. The third-order valence-electron chi connectivity index (χ3n) is 5.68. The van der Waals surface area contributed by atoms with Gasteiger partial charge < -0.3 is 19.5 Å². The zero-order valence-corrected chi connectivity index (χ0v) is 20.1. The number of aromatic nitrogens is 2. The van der Waals surface area contributed by atoms with Crippen LogP contribution < -0.4 is 10.1 Å². The Morgan fingerprint density at radius 3 is 2.71 bits per heavy atom. The average Bonchev–Trinajstić information content (AvgIpc) is 3.54. The molecule has 2 aromatic heterocycles. The first-order chi connectivity index (χ1) is 16.5. The van der Waals surface area contributed by atoms with Gasteiger partial charge in [0.15, 0.2) is 5.11 Å². The van der Waals surface area contributed by atoms with Crippen LogP contribution in [-0.4, -0.2) is 27.3 Å². The van der Waals surface area contributed by atoms with Gasteiger partial charge >= 0.3 is 0 Å². The van der Waals surface area contributed by atoms with Crippen LogP contribution in [0.15, 0.2) is 76.3 Å².